The Hall–Kier alpha value is -2.80. The van der Waals surface area contributed by atoms with Crippen molar-refractivity contribution in [3.63, 3.8) is 0 Å². The fourth-order valence-electron chi connectivity index (χ4n) is 4.81. The third kappa shape index (κ3) is 2.99. The van der Waals surface area contributed by atoms with E-state index in [0.717, 1.165) is 61.1 Å². The van der Waals surface area contributed by atoms with Gasteiger partial charge >= 0.3 is 0 Å². The molecule has 3 aromatic heterocycles. The van der Waals surface area contributed by atoms with Gasteiger partial charge in [0.2, 0.25) is 0 Å². The second-order valence-corrected chi connectivity index (χ2v) is 9.38. The molecular weight excluding hydrogens is 374 g/mol. The van der Waals surface area contributed by atoms with Gasteiger partial charge in [-0.25, -0.2) is 15.0 Å². The summed E-state index contributed by atoms with van der Waals surface area (Å²) in [7, 11) is 0. The van der Waals surface area contributed by atoms with E-state index >= 15 is 0 Å². The molecule has 7 nitrogen and oxygen atoms in total. The number of anilines is 2. The molecule has 154 valence electrons. The van der Waals surface area contributed by atoms with Crippen LogP contribution in [-0.2, 0) is 6.42 Å². The van der Waals surface area contributed by atoms with E-state index in [1.54, 1.807) is 0 Å². The van der Waals surface area contributed by atoms with Gasteiger partial charge in [-0.2, -0.15) is 0 Å². The van der Waals surface area contributed by atoms with Crippen LogP contribution in [0.5, 0.6) is 0 Å². The fourth-order valence-corrected chi connectivity index (χ4v) is 4.81. The second-order valence-electron chi connectivity index (χ2n) is 9.38. The first-order chi connectivity index (χ1) is 14.6. The van der Waals surface area contributed by atoms with Gasteiger partial charge in [-0.05, 0) is 50.7 Å². The Morgan fingerprint density at radius 2 is 1.93 bits per heavy atom. The largest absolute Gasteiger partial charge is 0.365 e. The zero-order valence-corrected chi connectivity index (χ0v) is 17.6. The maximum Gasteiger partial charge on any atom is 0.162 e. The molecule has 2 fully saturated rings. The molecule has 7 heteroatoms. The number of pyridine rings is 2. The van der Waals surface area contributed by atoms with E-state index in [9.17, 15) is 0 Å². The molecule has 5 heterocycles. The molecule has 0 unspecified atom stereocenters. The van der Waals surface area contributed by atoms with Crippen LogP contribution in [-0.4, -0.2) is 51.7 Å². The summed E-state index contributed by atoms with van der Waals surface area (Å²) in [6.07, 6.45) is 9.19. The third-order valence-corrected chi connectivity index (χ3v) is 6.42. The van der Waals surface area contributed by atoms with E-state index in [2.05, 4.69) is 45.4 Å². The number of rotatable bonds is 3. The summed E-state index contributed by atoms with van der Waals surface area (Å²) in [6.45, 7) is 8.29. The number of nitrogens with zero attached hydrogens (tertiary/aromatic N) is 5. The molecule has 0 aromatic carbocycles. The Kier molecular flexibility index (Phi) is 3.96. The summed E-state index contributed by atoms with van der Waals surface area (Å²) in [6, 6.07) is 2.06. The molecule has 30 heavy (non-hydrogen) atoms. The molecule has 0 bridgehead atoms. The Balaban J connectivity index is 1.56. The summed E-state index contributed by atoms with van der Waals surface area (Å²) in [5.41, 5.74) is 4.54. The van der Waals surface area contributed by atoms with E-state index in [4.69, 9.17) is 9.97 Å². The number of aromatic nitrogens is 4. The number of hydrogen-bond donors (Lipinski definition) is 2. The van der Waals surface area contributed by atoms with Crippen molar-refractivity contribution in [3.05, 3.63) is 35.8 Å². The van der Waals surface area contributed by atoms with Crippen LogP contribution in [0.2, 0.25) is 0 Å². The van der Waals surface area contributed by atoms with Crippen LogP contribution in [0.3, 0.4) is 0 Å². The Morgan fingerprint density at radius 3 is 2.73 bits per heavy atom. The first-order valence-corrected chi connectivity index (χ1v) is 11.0. The summed E-state index contributed by atoms with van der Waals surface area (Å²) < 4.78 is 0. The predicted octanol–water partition coefficient (Wildman–Crippen LogP) is 3.12. The molecule has 0 spiro atoms. The smallest absolute Gasteiger partial charge is 0.162 e. The van der Waals surface area contributed by atoms with Crippen molar-refractivity contribution in [3.8, 4) is 11.4 Å². The molecule has 2 aliphatic heterocycles. The van der Waals surface area contributed by atoms with Crippen LogP contribution in [0, 0.1) is 0 Å². The lowest BCUT2D eigenvalue weighted by atomic mass is 9.97. The highest BCUT2D eigenvalue weighted by Gasteiger charge is 2.33. The standard InChI is InChI=1S/C23H27N7/c1-23(2)11-16-15(5-6-26-20(16)29-23)21-27-18-13-25-12-17(14-3-4-14)19(18)22(28-21)30-9-7-24-8-10-30/h5-6,12-14,24H,3-4,7-11H2,1-2H3,(H,26,29). The van der Waals surface area contributed by atoms with Crippen molar-refractivity contribution in [1.82, 2.24) is 25.3 Å². The monoisotopic (exact) mass is 401 g/mol. The highest BCUT2D eigenvalue weighted by Crippen LogP contribution is 2.45. The van der Waals surface area contributed by atoms with Crippen molar-refractivity contribution in [2.45, 2.75) is 44.6 Å². The molecular formula is C23H27N7. The lowest BCUT2D eigenvalue weighted by molar-refractivity contribution is 0.586. The molecule has 3 aromatic rings. The average Bonchev–Trinajstić information content (AvgIpc) is 3.54. The Labute approximate surface area is 176 Å². The van der Waals surface area contributed by atoms with E-state index in [0.29, 0.717) is 5.92 Å². The van der Waals surface area contributed by atoms with Gasteiger partial charge in [0.25, 0.3) is 0 Å². The Bertz CT molecular complexity index is 1130. The van der Waals surface area contributed by atoms with Crippen molar-refractivity contribution in [2.75, 3.05) is 36.4 Å². The number of nitrogens with one attached hydrogen (secondary N) is 2. The van der Waals surface area contributed by atoms with E-state index in [-0.39, 0.29) is 5.54 Å². The summed E-state index contributed by atoms with van der Waals surface area (Å²) >= 11 is 0. The Morgan fingerprint density at radius 1 is 1.10 bits per heavy atom. The van der Waals surface area contributed by atoms with Gasteiger partial charge in [-0.3, -0.25) is 4.98 Å². The minimum Gasteiger partial charge on any atom is -0.365 e. The first-order valence-electron chi connectivity index (χ1n) is 11.0. The number of piperazine rings is 1. The van der Waals surface area contributed by atoms with Crippen LogP contribution in [0.15, 0.2) is 24.7 Å². The normalized spacial score (nSPS) is 20.3. The zero-order valence-electron chi connectivity index (χ0n) is 17.6. The van der Waals surface area contributed by atoms with E-state index < -0.39 is 0 Å². The van der Waals surface area contributed by atoms with Gasteiger partial charge in [-0.1, -0.05) is 0 Å². The molecule has 1 saturated carbocycles. The molecule has 0 atom stereocenters. The summed E-state index contributed by atoms with van der Waals surface area (Å²) in [4.78, 5) is 21.7. The van der Waals surface area contributed by atoms with Gasteiger partial charge in [0.1, 0.15) is 11.6 Å². The topological polar surface area (TPSA) is 78.9 Å². The zero-order chi connectivity index (χ0) is 20.3. The van der Waals surface area contributed by atoms with E-state index in [1.807, 2.05) is 18.6 Å². The molecule has 1 aliphatic carbocycles. The van der Waals surface area contributed by atoms with Gasteiger partial charge < -0.3 is 15.5 Å². The summed E-state index contributed by atoms with van der Waals surface area (Å²) in [5, 5.41) is 8.19. The lowest BCUT2D eigenvalue weighted by Crippen LogP contribution is -2.44. The minimum atomic E-state index is -0.00957. The van der Waals surface area contributed by atoms with Gasteiger partial charge in [-0.15, -0.1) is 0 Å². The van der Waals surface area contributed by atoms with Crippen molar-refractivity contribution >= 4 is 22.5 Å². The molecule has 2 N–H and O–H groups in total. The molecule has 6 rings (SSSR count). The third-order valence-electron chi connectivity index (χ3n) is 6.42. The molecule has 0 amide bonds. The molecule has 0 radical (unpaired) electrons. The quantitative estimate of drug-likeness (QED) is 0.698. The van der Waals surface area contributed by atoms with Crippen LogP contribution in [0.4, 0.5) is 11.6 Å². The fraction of sp³-hybridized carbons (Fsp3) is 0.478. The van der Waals surface area contributed by atoms with E-state index in [1.165, 1.54) is 29.4 Å². The maximum atomic E-state index is 5.19. The van der Waals surface area contributed by atoms with Crippen LogP contribution >= 0.6 is 0 Å². The highest BCUT2D eigenvalue weighted by atomic mass is 15.2. The molecule has 3 aliphatic rings. The first kappa shape index (κ1) is 18.0. The van der Waals surface area contributed by atoms with Crippen LogP contribution < -0.4 is 15.5 Å². The second kappa shape index (κ2) is 6.60. The number of hydrogen-bond acceptors (Lipinski definition) is 7. The molecule has 1 saturated heterocycles. The SMILES string of the molecule is CC1(C)Cc2c(-c3nc(N4CCNCC4)c4c(C5CC5)cncc4n3)ccnc2N1. The lowest BCUT2D eigenvalue weighted by Gasteiger charge is -2.30. The van der Waals surface area contributed by atoms with Crippen molar-refractivity contribution < 1.29 is 0 Å². The minimum absolute atomic E-state index is 0.00957. The summed E-state index contributed by atoms with van der Waals surface area (Å²) in [5.74, 6) is 3.41. The number of fused-ring (bicyclic) bond motifs is 2. The maximum absolute atomic E-state index is 5.19. The van der Waals surface area contributed by atoms with Crippen LogP contribution in [0.25, 0.3) is 22.3 Å². The average molecular weight is 402 g/mol. The van der Waals surface area contributed by atoms with Crippen molar-refractivity contribution in [2.24, 2.45) is 0 Å². The predicted molar refractivity (Wildman–Crippen MR) is 119 cm³/mol. The van der Waals surface area contributed by atoms with Gasteiger partial charge in [0, 0.05) is 60.6 Å². The van der Waals surface area contributed by atoms with Gasteiger partial charge in [0.05, 0.1) is 11.7 Å². The van der Waals surface area contributed by atoms with Crippen LogP contribution in [0.1, 0.15) is 43.7 Å². The highest BCUT2D eigenvalue weighted by molar-refractivity contribution is 5.94. The van der Waals surface area contributed by atoms with Gasteiger partial charge in [0.15, 0.2) is 5.82 Å². The van der Waals surface area contributed by atoms with Crippen molar-refractivity contribution in [1.29, 1.82) is 0 Å².